The van der Waals surface area contributed by atoms with E-state index in [9.17, 15) is 0 Å². The van der Waals surface area contributed by atoms with Gasteiger partial charge in [0.05, 0.1) is 0 Å². The molecular formula is C13H15BClN3. The number of nitrogens with one attached hydrogen (secondary N) is 1. The molecule has 2 radical (unpaired) electrons. The summed E-state index contributed by atoms with van der Waals surface area (Å²) in [6, 6.07) is 1.91. The van der Waals surface area contributed by atoms with Crippen molar-refractivity contribution < 1.29 is 0 Å². The van der Waals surface area contributed by atoms with Crippen molar-refractivity contribution >= 4 is 41.7 Å². The van der Waals surface area contributed by atoms with Crippen LogP contribution in [0.3, 0.4) is 0 Å². The van der Waals surface area contributed by atoms with E-state index in [4.69, 9.17) is 24.9 Å². The summed E-state index contributed by atoms with van der Waals surface area (Å²) in [6.07, 6.45) is 1.66. The first-order chi connectivity index (χ1) is 8.32. The van der Waals surface area contributed by atoms with Crippen molar-refractivity contribution in [2.45, 2.75) is 27.7 Å². The van der Waals surface area contributed by atoms with Crippen molar-refractivity contribution in [3.8, 4) is 0 Å². The van der Waals surface area contributed by atoms with Gasteiger partial charge in [-0.1, -0.05) is 18.5 Å². The summed E-state index contributed by atoms with van der Waals surface area (Å²) in [7, 11) is 5.80. The van der Waals surface area contributed by atoms with Crippen LogP contribution >= 0.6 is 11.6 Å². The average Bonchev–Trinajstić information content (AvgIpc) is 2.20. The lowest BCUT2D eigenvalue weighted by molar-refractivity contribution is 1.21. The van der Waals surface area contributed by atoms with Crippen LogP contribution in [0, 0.1) is 12.3 Å². The smallest absolute Gasteiger partial charge is 0.156 e. The molecule has 1 aromatic rings. The van der Waals surface area contributed by atoms with Crippen LogP contribution in [0.1, 0.15) is 31.9 Å². The van der Waals surface area contributed by atoms with Crippen molar-refractivity contribution in [3.05, 3.63) is 28.9 Å². The zero-order chi connectivity index (χ0) is 13.9. The van der Waals surface area contributed by atoms with Gasteiger partial charge in [-0.3, -0.25) is 0 Å². The van der Waals surface area contributed by atoms with E-state index in [1.54, 1.807) is 27.0 Å². The number of pyridine rings is 1. The van der Waals surface area contributed by atoms with Gasteiger partial charge >= 0.3 is 0 Å². The predicted molar refractivity (Wildman–Crippen MR) is 79.3 cm³/mol. The largest absolute Gasteiger partial charge is 0.305 e. The van der Waals surface area contributed by atoms with Gasteiger partial charge in [0.1, 0.15) is 13.0 Å². The summed E-state index contributed by atoms with van der Waals surface area (Å²) >= 11 is 5.73. The first-order valence-electron chi connectivity index (χ1n) is 5.52. The Morgan fingerprint density at radius 2 is 2.00 bits per heavy atom. The molecule has 0 saturated carbocycles. The molecule has 0 fully saturated rings. The molecule has 3 nitrogen and oxygen atoms in total. The summed E-state index contributed by atoms with van der Waals surface area (Å²) in [4.78, 5) is 8.36. The second-order valence-electron chi connectivity index (χ2n) is 4.16. The zero-order valence-electron chi connectivity index (χ0n) is 11.0. The fourth-order valence-corrected chi connectivity index (χ4v) is 1.79. The molecule has 5 heteroatoms. The Labute approximate surface area is 114 Å². The molecule has 0 aliphatic carbocycles. The number of nitrogens with zero attached hydrogens (tertiary/aromatic N) is 2. The van der Waals surface area contributed by atoms with Crippen LogP contribution in [0.2, 0.25) is 0 Å². The van der Waals surface area contributed by atoms with Crippen molar-refractivity contribution in [1.29, 1.82) is 5.41 Å². The Balaban J connectivity index is 3.32. The Morgan fingerprint density at radius 3 is 2.39 bits per heavy atom. The van der Waals surface area contributed by atoms with Gasteiger partial charge in [-0.15, -0.1) is 5.47 Å². The van der Waals surface area contributed by atoms with Gasteiger partial charge in [-0.25, -0.2) is 9.98 Å². The summed E-state index contributed by atoms with van der Waals surface area (Å²) in [5.41, 5.74) is 3.46. The maximum Gasteiger partial charge on any atom is 0.156 e. The number of halogens is 1. The molecule has 1 aromatic heterocycles. The van der Waals surface area contributed by atoms with E-state index in [-0.39, 0.29) is 0 Å². The molecule has 0 spiro atoms. The number of aryl methyl sites for hydroxylation is 1. The molecule has 92 valence electrons. The zero-order valence-corrected chi connectivity index (χ0v) is 11.8. The van der Waals surface area contributed by atoms with Crippen LogP contribution in [-0.2, 0) is 0 Å². The minimum absolute atomic E-state index is 0.418. The fourth-order valence-electron chi connectivity index (χ4n) is 1.71. The van der Waals surface area contributed by atoms with E-state index in [1.807, 2.05) is 13.0 Å². The minimum atomic E-state index is 0.418. The molecule has 18 heavy (non-hydrogen) atoms. The van der Waals surface area contributed by atoms with Gasteiger partial charge in [0.15, 0.2) is 5.82 Å². The molecule has 0 atom stereocenters. The van der Waals surface area contributed by atoms with Crippen LogP contribution < -0.4 is 0 Å². The van der Waals surface area contributed by atoms with Gasteiger partial charge in [0, 0.05) is 17.5 Å². The molecule has 0 aliphatic rings. The molecule has 0 unspecified atom stereocenters. The molecule has 0 saturated heterocycles. The second kappa shape index (κ2) is 5.96. The third kappa shape index (κ3) is 3.54. The molecule has 1 heterocycles. The lowest BCUT2D eigenvalue weighted by Crippen LogP contribution is -2.00. The Bertz CT molecular complexity index is 539. The highest BCUT2D eigenvalue weighted by Gasteiger charge is 2.08. The maximum atomic E-state index is 7.74. The molecule has 0 aliphatic heterocycles. The van der Waals surface area contributed by atoms with Crippen LogP contribution in [0.15, 0.2) is 22.7 Å². The first kappa shape index (κ1) is 14.6. The summed E-state index contributed by atoms with van der Waals surface area (Å²) in [5.74, 6) is 0.586. The highest BCUT2D eigenvalue weighted by atomic mass is 35.5. The molecule has 0 amide bonds. The standard InChI is InChI=1S/C13H15BClN3/c1-7-5-11(12(8(2)14)9(3)16)6-17-13(7)18-10(4)15/h5-6,16H,1-4H3/b12-8+,16-9?,18-10?. The Hall–Kier alpha value is -1.42. The highest BCUT2D eigenvalue weighted by Crippen LogP contribution is 2.23. The minimum Gasteiger partial charge on any atom is -0.305 e. The van der Waals surface area contributed by atoms with Crippen molar-refractivity contribution in [3.63, 3.8) is 0 Å². The van der Waals surface area contributed by atoms with E-state index >= 15 is 0 Å². The Morgan fingerprint density at radius 1 is 1.39 bits per heavy atom. The van der Waals surface area contributed by atoms with Crippen LogP contribution in [0.4, 0.5) is 5.82 Å². The van der Waals surface area contributed by atoms with Gasteiger partial charge in [0.2, 0.25) is 0 Å². The number of allylic oxidation sites excluding steroid dienone is 2. The van der Waals surface area contributed by atoms with Crippen LogP contribution in [0.25, 0.3) is 5.57 Å². The van der Waals surface area contributed by atoms with Crippen molar-refractivity contribution in [2.24, 2.45) is 4.99 Å². The average molecular weight is 260 g/mol. The topological polar surface area (TPSA) is 49.1 Å². The number of rotatable bonds is 3. The van der Waals surface area contributed by atoms with E-state index < -0.39 is 0 Å². The van der Waals surface area contributed by atoms with Crippen molar-refractivity contribution in [1.82, 2.24) is 4.98 Å². The molecular weight excluding hydrogens is 244 g/mol. The summed E-state index contributed by atoms with van der Waals surface area (Å²) in [6.45, 7) is 7.08. The molecule has 1 N–H and O–H groups in total. The molecule has 0 bridgehead atoms. The van der Waals surface area contributed by atoms with Gasteiger partial charge in [-0.2, -0.15) is 0 Å². The third-order valence-electron chi connectivity index (χ3n) is 2.37. The third-order valence-corrected chi connectivity index (χ3v) is 2.45. The predicted octanol–water partition coefficient (Wildman–Crippen LogP) is 3.62. The normalized spacial score (nSPS) is 13.3. The van der Waals surface area contributed by atoms with Crippen LogP contribution in [-0.4, -0.2) is 23.7 Å². The van der Waals surface area contributed by atoms with E-state index in [2.05, 4.69) is 9.98 Å². The van der Waals surface area contributed by atoms with E-state index in [1.165, 1.54) is 0 Å². The van der Waals surface area contributed by atoms with Gasteiger partial charge in [-0.05, 0) is 38.0 Å². The van der Waals surface area contributed by atoms with Gasteiger partial charge in [0.25, 0.3) is 0 Å². The number of hydrogen-bond donors (Lipinski definition) is 1. The maximum absolute atomic E-state index is 7.74. The second-order valence-corrected chi connectivity index (χ2v) is 4.70. The number of hydrogen-bond acceptors (Lipinski definition) is 3. The monoisotopic (exact) mass is 259 g/mol. The fraction of sp³-hybridized carbons (Fsp3) is 0.308. The summed E-state index contributed by atoms with van der Waals surface area (Å²) in [5, 5.41) is 8.18. The quantitative estimate of drug-likeness (QED) is 0.654. The molecule has 1 rings (SSSR count). The van der Waals surface area contributed by atoms with Gasteiger partial charge < -0.3 is 5.41 Å². The summed E-state index contributed by atoms with van der Waals surface area (Å²) < 4.78 is 0. The Kier molecular flexibility index (Phi) is 4.85. The lowest BCUT2D eigenvalue weighted by Gasteiger charge is -2.10. The van der Waals surface area contributed by atoms with E-state index in [0.29, 0.717) is 27.7 Å². The SMILES string of the molecule is [B]/C(C)=C(\C(C)=N)c1cnc(N=C(C)Cl)c(C)c1. The van der Waals surface area contributed by atoms with Crippen LogP contribution in [0.5, 0.6) is 0 Å². The lowest BCUT2D eigenvalue weighted by atomic mass is 9.86. The van der Waals surface area contributed by atoms with E-state index in [0.717, 1.165) is 11.1 Å². The van der Waals surface area contributed by atoms with Crippen molar-refractivity contribution in [2.75, 3.05) is 0 Å². The molecule has 0 aromatic carbocycles. The number of aromatic nitrogens is 1. The first-order valence-corrected chi connectivity index (χ1v) is 5.90. The highest BCUT2D eigenvalue weighted by molar-refractivity contribution is 6.65. The number of aliphatic imine (C=N–C) groups is 1.